The zero-order valence-corrected chi connectivity index (χ0v) is 8.31. The number of aromatic nitrogens is 1. The Balaban J connectivity index is 2.74. The first kappa shape index (κ1) is 11.4. The average molecular weight is 231 g/mol. The Hall–Kier alpha value is -1.69. The van der Waals surface area contributed by atoms with E-state index in [0.717, 1.165) is 0 Å². The molecule has 0 aromatic carbocycles. The van der Waals surface area contributed by atoms with E-state index >= 15 is 0 Å². The summed E-state index contributed by atoms with van der Waals surface area (Å²) in [6, 6.07) is 1.46. The Morgan fingerprint density at radius 2 is 2.33 bits per heavy atom. The number of nitrogens with zero attached hydrogens (tertiary/aromatic N) is 2. The van der Waals surface area contributed by atoms with Gasteiger partial charge in [0.15, 0.2) is 0 Å². The Morgan fingerprint density at radius 3 is 2.93 bits per heavy atom. The summed E-state index contributed by atoms with van der Waals surface area (Å²) >= 11 is 4.88. The van der Waals surface area contributed by atoms with E-state index in [1.807, 2.05) is 0 Å². The molecular weight excluding hydrogens is 224 g/mol. The van der Waals surface area contributed by atoms with E-state index in [1.54, 1.807) is 0 Å². The summed E-state index contributed by atoms with van der Waals surface area (Å²) in [6.07, 6.45) is 2.94. The molecule has 1 aromatic heterocycles. The molecule has 1 aromatic rings. The van der Waals surface area contributed by atoms with Gasteiger partial charge in [-0.3, -0.25) is 15.1 Å². The SMILES string of the molecule is O=C(OCl)c1cncc(CC[N+](=O)[O-])c1. The molecule has 0 radical (unpaired) electrons. The maximum Gasteiger partial charge on any atom is 0.357 e. The van der Waals surface area contributed by atoms with Crippen LogP contribution in [0.4, 0.5) is 0 Å². The number of pyridine rings is 1. The molecule has 0 fully saturated rings. The van der Waals surface area contributed by atoms with Crippen LogP contribution >= 0.6 is 11.9 Å². The molecule has 1 rings (SSSR count). The molecule has 0 saturated carbocycles. The van der Waals surface area contributed by atoms with Gasteiger partial charge < -0.3 is 4.29 Å². The zero-order chi connectivity index (χ0) is 11.3. The first-order chi connectivity index (χ1) is 7.13. The van der Waals surface area contributed by atoms with Crippen LogP contribution in [0.1, 0.15) is 15.9 Å². The highest BCUT2D eigenvalue weighted by Crippen LogP contribution is 2.06. The highest BCUT2D eigenvalue weighted by molar-refractivity contribution is 6.15. The van der Waals surface area contributed by atoms with E-state index in [4.69, 9.17) is 11.9 Å². The van der Waals surface area contributed by atoms with Gasteiger partial charge in [0.25, 0.3) is 0 Å². The summed E-state index contributed by atoms with van der Waals surface area (Å²) in [5, 5.41) is 10.1. The third-order valence-electron chi connectivity index (χ3n) is 1.68. The van der Waals surface area contributed by atoms with Crippen LogP contribution in [0.15, 0.2) is 18.5 Å². The molecule has 80 valence electrons. The molecule has 0 N–H and O–H groups in total. The monoisotopic (exact) mass is 230 g/mol. The van der Waals surface area contributed by atoms with Crippen molar-refractivity contribution in [2.75, 3.05) is 6.54 Å². The Morgan fingerprint density at radius 1 is 1.60 bits per heavy atom. The largest absolute Gasteiger partial charge is 0.357 e. The third-order valence-corrected chi connectivity index (χ3v) is 1.82. The van der Waals surface area contributed by atoms with Crippen LogP contribution < -0.4 is 0 Å². The van der Waals surface area contributed by atoms with E-state index in [0.29, 0.717) is 5.56 Å². The van der Waals surface area contributed by atoms with E-state index in [-0.39, 0.29) is 18.5 Å². The van der Waals surface area contributed by atoms with Gasteiger partial charge in [0.2, 0.25) is 6.54 Å². The topological polar surface area (TPSA) is 82.3 Å². The zero-order valence-electron chi connectivity index (χ0n) is 7.55. The molecule has 0 amide bonds. The molecule has 15 heavy (non-hydrogen) atoms. The highest BCUT2D eigenvalue weighted by Gasteiger charge is 2.08. The van der Waals surface area contributed by atoms with Crippen molar-refractivity contribution in [3.63, 3.8) is 0 Å². The lowest BCUT2D eigenvalue weighted by molar-refractivity contribution is -0.479. The maximum atomic E-state index is 11.0. The minimum Gasteiger partial charge on any atom is -0.343 e. The summed E-state index contributed by atoms with van der Waals surface area (Å²) in [5.41, 5.74) is 0.761. The lowest BCUT2D eigenvalue weighted by Crippen LogP contribution is -2.06. The number of hydrogen-bond donors (Lipinski definition) is 0. The quantitative estimate of drug-likeness (QED) is 0.574. The van der Waals surface area contributed by atoms with Crippen molar-refractivity contribution in [3.8, 4) is 0 Å². The standard InChI is InChI=1S/C8H7ClN2O4/c9-15-8(12)7-3-6(4-10-5-7)1-2-11(13)14/h3-5H,1-2H2. The number of halogens is 1. The molecule has 0 atom stereocenters. The van der Waals surface area contributed by atoms with Gasteiger partial charge >= 0.3 is 5.97 Å². The first-order valence-corrected chi connectivity index (χ1v) is 4.33. The van der Waals surface area contributed by atoms with Crippen LogP contribution in [0, 0.1) is 10.1 Å². The van der Waals surface area contributed by atoms with Crippen LogP contribution in [0.2, 0.25) is 0 Å². The summed E-state index contributed by atoms with van der Waals surface area (Å²) in [7, 11) is 0. The van der Waals surface area contributed by atoms with Crippen molar-refractivity contribution in [3.05, 3.63) is 39.7 Å². The minimum atomic E-state index is -0.730. The van der Waals surface area contributed by atoms with E-state index in [2.05, 4.69) is 9.27 Å². The second kappa shape index (κ2) is 5.26. The molecule has 6 nitrogen and oxygen atoms in total. The van der Waals surface area contributed by atoms with E-state index < -0.39 is 10.9 Å². The first-order valence-electron chi connectivity index (χ1n) is 4.02. The highest BCUT2D eigenvalue weighted by atomic mass is 35.5. The van der Waals surface area contributed by atoms with Crippen molar-refractivity contribution in [1.29, 1.82) is 0 Å². The number of carbonyl (C=O) groups excluding carboxylic acids is 1. The molecule has 0 aliphatic carbocycles. The molecule has 0 aliphatic heterocycles. The predicted octanol–water partition coefficient (Wildman–Crippen LogP) is 1.21. The fourth-order valence-electron chi connectivity index (χ4n) is 1.00. The van der Waals surface area contributed by atoms with Crippen molar-refractivity contribution >= 4 is 17.8 Å². The molecule has 0 spiro atoms. The van der Waals surface area contributed by atoms with Gasteiger partial charge in [0.05, 0.1) is 5.56 Å². The molecular formula is C8H7ClN2O4. The van der Waals surface area contributed by atoms with Crippen molar-refractivity contribution in [2.45, 2.75) is 6.42 Å². The minimum absolute atomic E-state index is 0.172. The van der Waals surface area contributed by atoms with Gasteiger partial charge in [-0.2, -0.15) is 0 Å². The number of hydrogen-bond acceptors (Lipinski definition) is 5. The third kappa shape index (κ3) is 3.51. The Labute approximate surface area is 90.1 Å². The van der Waals surface area contributed by atoms with Crippen LogP contribution in [0.25, 0.3) is 0 Å². The number of carbonyl (C=O) groups is 1. The Bertz CT molecular complexity index is 383. The number of rotatable bonds is 4. The fourth-order valence-corrected chi connectivity index (χ4v) is 1.09. The lowest BCUT2D eigenvalue weighted by Gasteiger charge is -1.99. The maximum absolute atomic E-state index is 11.0. The second-order valence-corrected chi connectivity index (χ2v) is 2.91. The summed E-state index contributed by atoms with van der Waals surface area (Å²) in [4.78, 5) is 24.4. The van der Waals surface area contributed by atoms with Crippen LogP contribution in [0.3, 0.4) is 0 Å². The molecule has 7 heteroatoms. The normalized spacial score (nSPS) is 9.67. The van der Waals surface area contributed by atoms with Gasteiger partial charge in [0, 0.05) is 23.7 Å². The number of nitro groups is 1. The van der Waals surface area contributed by atoms with Gasteiger partial charge in [-0.05, 0) is 11.6 Å². The summed E-state index contributed by atoms with van der Waals surface area (Å²) < 4.78 is 3.98. The molecule has 0 aliphatic rings. The van der Waals surface area contributed by atoms with Crippen LogP contribution in [-0.2, 0) is 10.7 Å². The van der Waals surface area contributed by atoms with Crippen molar-refractivity contribution in [2.24, 2.45) is 0 Å². The van der Waals surface area contributed by atoms with E-state index in [9.17, 15) is 14.9 Å². The van der Waals surface area contributed by atoms with Gasteiger partial charge in [-0.1, -0.05) is 0 Å². The predicted molar refractivity (Wildman–Crippen MR) is 51.1 cm³/mol. The average Bonchev–Trinajstić information content (AvgIpc) is 2.25. The molecule has 0 saturated heterocycles. The molecule has 0 unspecified atom stereocenters. The van der Waals surface area contributed by atoms with Gasteiger partial charge in [-0.15, -0.1) is 0 Å². The molecule has 1 heterocycles. The fraction of sp³-hybridized carbons (Fsp3) is 0.250. The van der Waals surface area contributed by atoms with Gasteiger partial charge in [-0.25, -0.2) is 4.79 Å². The van der Waals surface area contributed by atoms with Gasteiger partial charge in [0.1, 0.15) is 11.9 Å². The van der Waals surface area contributed by atoms with Crippen LogP contribution in [-0.4, -0.2) is 22.4 Å². The summed E-state index contributed by atoms with van der Waals surface area (Å²) in [5.74, 6) is -0.730. The molecule has 0 bridgehead atoms. The smallest absolute Gasteiger partial charge is 0.343 e. The summed E-state index contributed by atoms with van der Waals surface area (Å²) in [6.45, 7) is -0.207. The Kier molecular flexibility index (Phi) is 3.99. The van der Waals surface area contributed by atoms with Crippen molar-refractivity contribution in [1.82, 2.24) is 4.98 Å². The lowest BCUT2D eigenvalue weighted by atomic mass is 10.1. The second-order valence-electron chi connectivity index (χ2n) is 2.75. The van der Waals surface area contributed by atoms with Crippen LogP contribution in [0.5, 0.6) is 0 Å². The van der Waals surface area contributed by atoms with Crippen molar-refractivity contribution < 1.29 is 14.0 Å². The van der Waals surface area contributed by atoms with E-state index in [1.165, 1.54) is 18.5 Å².